The fourth-order valence-electron chi connectivity index (χ4n) is 3.40. The predicted octanol–water partition coefficient (Wildman–Crippen LogP) is 2.15. The van der Waals surface area contributed by atoms with Crippen LogP contribution in [-0.4, -0.2) is 35.3 Å². The van der Waals surface area contributed by atoms with Crippen molar-refractivity contribution < 1.29 is 9.59 Å². The van der Waals surface area contributed by atoms with Crippen LogP contribution in [0.3, 0.4) is 0 Å². The number of carbonyl (C=O) groups excluding carboxylic acids is 2. The summed E-state index contributed by atoms with van der Waals surface area (Å²) >= 11 is 0. The van der Waals surface area contributed by atoms with Crippen LogP contribution in [-0.2, 0) is 4.79 Å². The minimum atomic E-state index is -0.326. The van der Waals surface area contributed by atoms with E-state index >= 15 is 0 Å². The number of carbonyl (C=O) groups is 2. The molecule has 0 saturated carbocycles. The van der Waals surface area contributed by atoms with Crippen molar-refractivity contribution in [2.75, 3.05) is 11.4 Å². The quantitative estimate of drug-likeness (QED) is 0.793. The molecule has 0 spiro atoms. The summed E-state index contributed by atoms with van der Waals surface area (Å²) in [6.45, 7) is 6.22. The molecule has 1 aromatic rings. The van der Waals surface area contributed by atoms with Crippen molar-refractivity contribution in [1.82, 2.24) is 4.90 Å². The molecular weight excluding hydrogens is 266 g/mol. The summed E-state index contributed by atoms with van der Waals surface area (Å²) in [5, 5.41) is 9.09. The second kappa shape index (κ2) is 4.59. The van der Waals surface area contributed by atoms with E-state index in [2.05, 4.69) is 6.07 Å². The van der Waals surface area contributed by atoms with Gasteiger partial charge in [0.25, 0.3) is 0 Å². The van der Waals surface area contributed by atoms with Gasteiger partial charge in [0.15, 0.2) is 5.78 Å². The molecule has 2 fully saturated rings. The van der Waals surface area contributed by atoms with E-state index in [4.69, 9.17) is 5.26 Å². The van der Waals surface area contributed by atoms with E-state index in [1.165, 1.54) is 0 Å². The molecule has 5 heteroatoms. The Kier molecular flexibility index (Phi) is 2.98. The first-order chi connectivity index (χ1) is 9.97. The Morgan fingerprint density at radius 3 is 2.57 bits per heavy atom. The lowest BCUT2D eigenvalue weighted by atomic mass is 10.00. The van der Waals surface area contributed by atoms with Crippen LogP contribution in [0.4, 0.5) is 10.5 Å². The number of amides is 2. The Labute approximate surface area is 123 Å². The summed E-state index contributed by atoms with van der Waals surface area (Å²) in [6.07, 6.45) is 0.458. The molecule has 2 aliphatic rings. The minimum Gasteiger partial charge on any atom is -0.312 e. The first kappa shape index (κ1) is 13.6. The molecule has 0 bridgehead atoms. The maximum absolute atomic E-state index is 12.6. The van der Waals surface area contributed by atoms with Crippen LogP contribution in [0.25, 0.3) is 0 Å². The third-order valence-corrected chi connectivity index (χ3v) is 4.72. The highest BCUT2D eigenvalue weighted by Gasteiger charge is 2.50. The molecule has 2 heterocycles. The van der Waals surface area contributed by atoms with Gasteiger partial charge in [0, 0.05) is 18.7 Å². The average Bonchev–Trinajstić information content (AvgIpc) is 2.95. The standard InChI is InChI=1S/C16H17N3O2/c1-9-10(2)13(5-4-12(9)8-17)19-11(3)15-14(20)6-7-18(15)16(19)21/h4-5,11,15H,6-7H2,1-3H3/t11-,15+/m0/s1. The summed E-state index contributed by atoms with van der Waals surface area (Å²) in [4.78, 5) is 27.9. The average molecular weight is 283 g/mol. The summed E-state index contributed by atoms with van der Waals surface area (Å²) in [5.74, 6) is 0.140. The van der Waals surface area contributed by atoms with Crippen LogP contribution < -0.4 is 4.90 Å². The lowest BCUT2D eigenvalue weighted by Crippen LogP contribution is -2.37. The van der Waals surface area contributed by atoms with Gasteiger partial charge in [0.1, 0.15) is 6.04 Å². The Bertz CT molecular complexity index is 689. The van der Waals surface area contributed by atoms with E-state index in [9.17, 15) is 9.59 Å². The molecule has 2 saturated heterocycles. The smallest absolute Gasteiger partial charge is 0.312 e. The van der Waals surface area contributed by atoms with Crippen LogP contribution in [0, 0.1) is 25.2 Å². The molecule has 108 valence electrons. The Morgan fingerprint density at radius 2 is 1.95 bits per heavy atom. The number of nitriles is 1. The first-order valence-corrected chi connectivity index (χ1v) is 7.10. The van der Waals surface area contributed by atoms with Crippen LogP contribution in [0.2, 0.25) is 0 Å². The summed E-state index contributed by atoms with van der Waals surface area (Å²) in [5.41, 5.74) is 3.22. The number of urea groups is 1. The zero-order valence-electron chi connectivity index (χ0n) is 12.4. The molecule has 3 rings (SSSR count). The molecule has 0 N–H and O–H groups in total. The zero-order chi connectivity index (χ0) is 15.3. The van der Waals surface area contributed by atoms with E-state index < -0.39 is 0 Å². The lowest BCUT2D eigenvalue weighted by Gasteiger charge is -2.25. The van der Waals surface area contributed by atoms with Crippen molar-refractivity contribution in [3.8, 4) is 6.07 Å². The Morgan fingerprint density at radius 1 is 1.24 bits per heavy atom. The third-order valence-electron chi connectivity index (χ3n) is 4.72. The highest BCUT2D eigenvalue weighted by Crippen LogP contribution is 2.36. The fraction of sp³-hybridized carbons (Fsp3) is 0.438. The van der Waals surface area contributed by atoms with Gasteiger partial charge in [-0.15, -0.1) is 0 Å². The van der Waals surface area contributed by atoms with Crippen molar-refractivity contribution in [1.29, 1.82) is 5.26 Å². The van der Waals surface area contributed by atoms with Gasteiger partial charge in [-0.1, -0.05) is 0 Å². The second-order valence-electron chi connectivity index (χ2n) is 5.74. The number of benzene rings is 1. The van der Waals surface area contributed by atoms with Gasteiger partial charge in [-0.05, 0) is 44.0 Å². The SMILES string of the molecule is Cc1c(C#N)ccc(N2C(=O)N3CCC(=O)[C@H]3[C@@H]2C)c1C. The second-order valence-corrected chi connectivity index (χ2v) is 5.74. The lowest BCUT2D eigenvalue weighted by molar-refractivity contribution is -0.119. The Hall–Kier alpha value is -2.35. The summed E-state index contributed by atoms with van der Waals surface area (Å²) < 4.78 is 0. The number of fused-ring (bicyclic) bond motifs is 1. The first-order valence-electron chi connectivity index (χ1n) is 7.10. The van der Waals surface area contributed by atoms with E-state index in [1.807, 2.05) is 26.8 Å². The third kappa shape index (κ3) is 1.75. The fourth-order valence-corrected chi connectivity index (χ4v) is 3.40. The van der Waals surface area contributed by atoms with E-state index in [0.717, 1.165) is 16.8 Å². The molecule has 0 aliphatic carbocycles. The van der Waals surface area contributed by atoms with Crippen molar-refractivity contribution in [2.24, 2.45) is 0 Å². The highest BCUT2D eigenvalue weighted by atomic mass is 16.2. The molecule has 1 aromatic carbocycles. The molecule has 2 aliphatic heterocycles. The van der Waals surface area contributed by atoms with Crippen LogP contribution >= 0.6 is 0 Å². The van der Waals surface area contributed by atoms with Crippen LogP contribution in [0.15, 0.2) is 12.1 Å². The molecule has 21 heavy (non-hydrogen) atoms. The van der Waals surface area contributed by atoms with Crippen molar-refractivity contribution in [2.45, 2.75) is 39.3 Å². The van der Waals surface area contributed by atoms with Gasteiger partial charge in [-0.2, -0.15) is 5.26 Å². The normalized spacial score (nSPS) is 24.5. The predicted molar refractivity (Wildman–Crippen MR) is 78.1 cm³/mol. The molecule has 2 amide bonds. The molecule has 0 radical (unpaired) electrons. The van der Waals surface area contributed by atoms with Gasteiger partial charge in [-0.3, -0.25) is 9.69 Å². The number of nitrogens with zero attached hydrogens (tertiary/aromatic N) is 3. The van der Waals surface area contributed by atoms with Gasteiger partial charge in [0.2, 0.25) is 0 Å². The zero-order valence-corrected chi connectivity index (χ0v) is 12.4. The molecular formula is C16H17N3O2. The van der Waals surface area contributed by atoms with Crippen LogP contribution in [0.5, 0.6) is 0 Å². The van der Waals surface area contributed by atoms with E-state index in [1.54, 1.807) is 15.9 Å². The summed E-state index contributed by atoms with van der Waals surface area (Å²) in [7, 11) is 0. The summed E-state index contributed by atoms with van der Waals surface area (Å²) in [6, 6.07) is 5.10. The van der Waals surface area contributed by atoms with Gasteiger partial charge in [0.05, 0.1) is 17.7 Å². The van der Waals surface area contributed by atoms with Crippen molar-refractivity contribution >= 4 is 17.5 Å². The molecule has 5 nitrogen and oxygen atoms in total. The number of anilines is 1. The number of rotatable bonds is 1. The molecule has 0 aromatic heterocycles. The molecule has 2 atom stereocenters. The van der Waals surface area contributed by atoms with Gasteiger partial charge >= 0.3 is 6.03 Å². The van der Waals surface area contributed by atoms with Crippen molar-refractivity contribution in [3.63, 3.8) is 0 Å². The number of Topliss-reactive ketones (excluding diaryl/α,β-unsaturated/α-hetero) is 1. The van der Waals surface area contributed by atoms with Gasteiger partial charge in [-0.25, -0.2) is 4.79 Å². The van der Waals surface area contributed by atoms with Crippen LogP contribution in [0.1, 0.15) is 30.0 Å². The maximum atomic E-state index is 12.6. The van der Waals surface area contributed by atoms with Gasteiger partial charge < -0.3 is 4.90 Å². The van der Waals surface area contributed by atoms with Crippen molar-refractivity contribution in [3.05, 3.63) is 28.8 Å². The van der Waals surface area contributed by atoms with E-state index in [0.29, 0.717) is 18.5 Å². The largest absolute Gasteiger partial charge is 0.325 e. The maximum Gasteiger partial charge on any atom is 0.325 e. The molecule has 0 unspecified atom stereocenters. The van der Waals surface area contributed by atoms with E-state index in [-0.39, 0.29) is 23.9 Å². The number of hydrogen-bond donors (Lipinski definition) is 0. The Balaban J connectivity index is 2.06. The topological polar surface area (TPSA) is 64.4 Å². The highest BCUT2D eigenvalue weighted by molar-refractivity contribution is 6.04. The minimum absolute atomic E-state index is 0.106. The number of hydrogen-bond acceptors (Lipinski definition) is 3. The number of ketones is 1. The monoisotopic (exact) mass is 283 g/mol.